The first-order valence-corrected chi connectivity index (χ1v) is 6.25. The lowest BCUT2D eigenvalue weighted by atomic mass is 10.1. The third-order valence-electron chi connectivity index (χ3n) is 3.15. The largest absolute Gasteiger partial charge is 0.507 e. The second kappa shape index (κ2) is 4.89. The maximum Gasteiger partial charge on any atom is 0.261 e. The summed E-state index contributed by atoms with van der Waals surface area (Å²) in [4.78, 5) is 4.28. The van der Waals surface area contributed by atoms with Gasteiger partial charge in [-0.3, -0.25) is 0 Å². The molecule has 1 aromatic heterocycles. The van der Waals surface area contributed by atoms with Crippen LogP contribution in [-0.4, -0.2) is 28.0 Å². The molecule has 2 aromatic rings. The van der Waals surface area contributed by atoms with Gasteiger partial charge in [0.2, 0.25) is 0 Å². The molecule has 3 rings (SSSR count). The van der Waals surface area contributed by atoms with Crippen molar-refractivity contribution in [2.75, 3.05) is 12.3 Å². The Morgan fingerprint density at radius 3 is 3.05 bits per heavy atom. The summed E-state index contributed by atoms with van der Waals surface area (Å²) < 4.78 is 10.7. The molecule has 1 aromatic carbocycles. The van der Waals surface area contributed by atoms with Gasteiger partial charge in [-0.15, -0.1) is 0 Å². The van der Waals surface area contributed by atoms with Gasteiger partial charge < -0.3 is 20.1 Å². The van der Waals surface area contributed by atoms with Gasteiger partial charge in [0.05, 0.1) is 11.7 Å². The molecule has 0 amide bonds. The minimum absolute atomic E-state index is 0.0346. The average Bonchev–Trinajstić information content (AvgIpc) is 3.01. The zero-order valence-corrected chi connectivity index (χ0v) is 10.4. The number of aromatic nitrogens is 2. The van der Waals surface area contributed by atoms with E-state index in [0.29, 0.717) is 29.4 Å². The summed E-state index contributed by atoms with van der Waals surface area (Å²) in [5, 5.41) is 13.7. The van der Waals surface area contributed by atoms with Gasteiger partial charge in [0.1, 0.15) is 5.75 Å². The van der Waals surface area contributed by atoms with Gasteiger partial charge in [0.25, 0.3) is 5.89 Å². The Kier molecular flexibility index (Phi) is 3.08. The molecule has 3 N–H and O–H groups in total. The Bertz CT molecular complexity index is 576. The molecule has 1 atom stereocenters. The molecular weight excluding hydrogens is 246 g/mol. The molecule has 0 bridgehead atoms. The summed E-state index contributed by atoms with van der Waals surface area (Å²) >= 11 is 0. The lowest BCUT2D eigenvalue weighted by Crippen LogP contribution is -2.09. The van der Waals surface area contributed by atoms with Gasteiger partial charge in [-0.05, 0) is 25.0 Å². The highest BCUT2D eigenvalue weighted by molar-refractivity contribution is 5.66. The quantitative estimate of drug-likeness (QED) is 0.817. The van der Waals surface area contributed by atoms with Crippen molar-refractivity contribution in [3.8, 4) is 17.2 Å². The van der Waals surface area contributed by atoms with Crippen LogP contribution in [-0.2, 0) is 11.2 Å². The van der Waals surface area contributed by atoms with Crippen molar-refractivity contribution in [2.45, 2.75) is 25.4 Å². The van der Waals surface area contributed by atoms with Crippen molar-refractivity contribution in [1.82, 2.24) is 10.1 Å². The third-order valence-corrected chi connectivity index (χ3v) is 3.15. The van der Waals surface area contributed by atoms with Crippen LogP contribution in [0.3, 0.4) is 0 Å². The number of hydrogen-bond acceptors (Lipinski definition) is 6. The fraction of sp³-hybridized carbons (Fsp3) is 0.385. The van der Waals surface area contributed by atoms with Crippen LogP contribution >= 0.6 is 0 Å². The predicted octanol–water partition coefficient (Wildman–Crippen LogP) is 1.75. The Morgan fingerprint density at radius 1 is 1.42 bits per heavy atom. The standard InChI is InChI=1S/C13H15N3O3/c14-8-3-4-10(11(17)6-8)13-15-12(16-19-13)7-9-2-1-5-18-9/h3-4,6,9,17H,1-2,5,7,14H2. The second-order valence-corrected chi connectivity index (χ2v) is 4.63. The summed E-state index contributed by atoms with van der Waals surface area (Å²) in [6, 6.07) is 4.80. The van der Waals surface area contributed by atoms with E-state index in [-0.39, 0.29) is 11.9 Å². The number of benzene rings is 1. The van der Waals surface area contributed by atoms with E-state index >= 15 is 0 Å². The van der Waals surface area contributed by atoms with Crippen molar-refractivity contribution in [1.29, 1.82) is 0 Å². The minimum Gasteiger partial charge on any atom is -0.507 e. The first-order valence-electron chi connectivity index (χ1n) is 6.25. The maximum absolute atomic E-state index is 9.81. The van der Waals surface area contributed by atoms with Crippen LogP contribution in [0, 0.1) is 0 Å². The number of nitrogen functional groups attached to an aromatic ring is 1. The Balaban J connectivity index is 1.80. The summed E-state index contributed by atoms with van der Waals surface area (Å²) in [5.74, 6) is 0.927. The van der Waals surface area contributed by atoms with Crippen LogP contribution in [0.25, 0.3) is 11.5 Å². The van der Waals surface area contributed by atoms with Gasteiger partial charge in [-0.2, -0.15) is 4.98 Å². The van der Waals surface area contributed by atoms with E-state index in [9.17, 15) is 5.11 Å². The number of nitrogens with two attached hydrogens (primary N) is 1. The molecule has 6 heteroatoms. The highest BCUT2D eigenvalue weighted by atomic mass is 16.5. The van der Waals surface area contributed by atoms with E-state index in [1.165, 1.54) is 6.07 Å². The van der Waals surface area contributed by atoms with Gasteiger partial charge >= 0.3 is 0 Å². The number of hydrogen-bond donors (Lipinski definition) is 2. The highest BCUT2D eigenvalue weighted by Crippen LogP contribution is 2.29. The lowest BCUT2D eigenvalue weighted by molar-refractivity contribution is 0.109. The number of phenolic OH excluding ortho intramolecular Hbond substituents is 1. The molecular formula is C13H15N3O3. The Labute approximate surface area is 110 Å². The molecule has 0 saturated carbocycles. The Hall–Kier alpha value is -2.08. The smallest absolute Gasteiger partial charge is 0.261 e. The highest BCUT2D eigenvalue weighted by Gasteiger charge is 2.20. The predicted molar refractivity (Wildman–Crippen MR) is 68.5 cm³/mol. The molecule has 1 unspecified atom stereocenters. The van der Waals surface area contributed by atoms with Crippen LogP contribution in [0.5, 0.6) is 5.75 Å². The first kappa shape index (κ1) is 12.0. The number of ether oxygens (including phenoxy) is 1. The third kappa shape index (κ3) is 2.53. The molecule has 1 aliphatic heterocycles. The van der Waals surface area contributed by atoms with Gasteiger partial charge in [-0.1, -0.05) is 5.16 Å². The average molecular weight is 261 g/mol. The zero-order valence-electron chi connectivity index (χ0n) is 10.4. The molecule has 1 fully saturated rings. The summed E-state index contributed by atoms with van der Waals surface area (Å²) in [6.45, 7) is 0.800. The van der Waals surface area contributed by atoms with Crippen LogP contribution in [0.2, 0.25) is 0 Å². The van der Waals surface area contributed by atoms with Crippen LogP contribution in [0.4, 0.5) is 5.69 Å². The normalized spacial score (nSPS) is 18.8. The Morgan fingerprint density at radius 2 is 2.32 bits per heavy atom. The molecule has 1 aliphatic rings. The van der Waals surface area contributed by atoms with Crippen LogP contribution in [0.1, 0.15) is 18.7 Å². The van der Waals surface area contributed by atoms with E-state index in [1.54, 1.807) is 12.1 Å². The fourth-order valence-electron chi connectivity index (χ4n) is 2.18. The van der Waals surface area contributed by atoms with Crippen LogP contribution in [0.15, 0.2) is 22.7 Å². The van der Waals surface area contributed by atoms with E-state index in [2.05, 4.69) is 10.1 Å². The molecule has 0 radical (unpaired) electrons. The zero-order chi connectivity index (χ0) is 13.2. The molecule has 6 nitrogen and oxygen atoms in total. The van der Waals surface area contributed by atoms with E-state index in [1.807, 2.05) is 0 Å². The van der Waals surface area contributed by atoms with Gasteiger partial charge in [0, 0.05) is 24.8 Å². The number of aromatic hydroxyl groups is 1. The van der Waals surface area contributed by atoms with Gasteiger partial charge in [0.15, 0.2) is 5.82 Å². The minimum atomic E-state index is 0.0346. The molecule has 1 saturated heterocycles. The number of anilines is 1. The fourth-order valence-corrected chi connectivity index (χ4v) is 2.18. The number of rotatable bonds is 3. The number of phenols is 1. The number of nitrogens with zero attached hydrogens (tertiary/aromatic N) is 2. The van der Waals surface area contributed by atoms with Crippen molar-refractivity contribution < 1.29 is 14.4 Å². The molecule has 2 heterocycles. The molecule has 19 heavy (non-hydrogen) atoms. The monoisotopic (exact) mass is 261 g/mol. The van der Waals surface area contributed by atoms with Crippen molar-refractivity contribution in [3.05, 3.63) is 24.0 Å². The van der Waals surface area contributed by atoms with Gasteiger partial charge in [-0.25, -0.2) is 0 Å². The first-order chi connectivity index (χ1) is 9.22. The molecule has 0 spiro atoms. The summed E-state index contributed by atoms with van der Waals surface area (Å²) in [7, 11) is 0. The van der Waals surface area contributed by atoms with Crippen molar-refractivity contribution in [2.24, 2.45) is 0 Å². The van der Waals surface area contributed by atoms with Crippen molar-refractivity contribution >= 4 is 5.69 Å². The van der Waals surface area contributed by atoms with E-state index < -0.39 is 0 Å². The second-order valence-electron chi connectivity index (χ2n) is 4.63. The summed E-state index contributed by atoms with van der Waals surface area (Å²) in [5.41, 5.74) is 6.55. The molecule has 0 aliphatic carbocycles. The summed E-state index contributed by atoms with van der Waals surface area (Å²) in [6.07, 6.45) is 2.91. The van der Waals surface area contributed by atoms with Crippen molar-refractivity contribution in [3.63, 3.8) is 0 Å². The molecule has 100 valence electrons. The maximum atomic E-state index is 9.81. The lowest BCUT2D eigenvalue weighted by Gasteiger charge is -2.04. The topological polar surface area (TPSA) is 94.4 Å². The SMILES string of the molecule is Nc1ccc(-c2nc(CC3CCCO3)no2)c(O)c1. The van der Waals surface area contributed by atoms with E-state index in [4.69, 9.17) is 15.0 Å². The van der Waals surface area contributed by atoms with E-state index in [0.717, 1.165) is 19.4 Å². The van der Waals surface area contributed by atoms with Crippen LogP contribution < -0.4 is 5.73 Å².